The van der Waals surface area contributed by atoms with Crippen molar-refractivity contribution >= 4 is 27.7 Å². The van der Waals surface area contributed by atoms with Gasteiger partial charge in [0.05, 0.1) is 17.8 Å². The van der Waals surface area contributed by atoms with Crippen molar-refractivity contribution in [1.29, 1.82) is 0 Å². The lowest BCUT2D eigenvalue weighted by molar-refractivity contribution is -0.0586. The number of nitrogen functional groups attached to an aromatic ring is 1. The number of hydrogen-bond donors (Lipinski definition) is 1. The highest BCUT2D eigenvalue weighted by Gasteiger charge is 2.27. The fraction of sp³-hybridized carbons (Fsp3) is 0.500. The SMILES string of the molecule is C[C@@H]1CN(C(=O)c2cc(N)ncc2Br)C[C@H](C)O1. The van der Waals surface area contributed by atoms with Gasteiger partial charge in [-0.15, -0.1) is 0 Å². The minimum Gasteiger partial charge on any atom is -0.384 e. The Bertz CT molecular complexity index is 457. The van der Waals surface area contributed by atoms with Crippen molar-refractivity contribution in [2.24, 2.45) is 0 Å². The maximum Gasteiger partial charge on any atom is 0.255 e. The van der Waals surface area contributed by atoms with Crippen LogP contribution < -0.4 is 5.73 Å². The summed E-state index contributed by atoms with van der Waals surface area (Å²) < 4.78 is 6.27. The lowest BCUT2D eigenvalue weighted by Gasteiger charge is -2.35. The Morgan fingerprint density at radius 2 is 2.11 bits per heavy atom. The molecule has 1 aromatic heterocycles. The molecule has 2 heterocycles. The van der Waals surface area contributed by atoms with Crippen molar-refractivity contribution in [1.82, 2.24) is 9.88 Å². The number of morpholine rings is 1. The largest absolute Gasteiger partial charge is 0.384 e. The molecule has 0 unspecified atom stereocenters. The van der Waals surface area contributed by atoms with Gasteiger partial charge in [-0.1, -0.05) is 0 Å². The predicted molar refractivity (Wildman–Crippen MR) is 72.3 cm³/mol. The second-order valence-electron chi connectivity index (χ2n) is 4.56. The molecule has 0 spiro atoms. The number of hydrogen-bond acceptors (Lipinski definition) is 4. The van der Waals surface area contributed by atoms with Gasteiger partial charge in [-0.2, -0.15) is 0 Å². The van der Waals surface area contributed by atoms with Crippen LogP contribution in [0.15, 0.2) is 16.7 Å². The first-order valence-electron chi connectivity index (χ1n) is 5.83. The van der Waals surface area contributed by atoms with E-state index in [0.29, 0.717) is 28.9 Å². The molecule has 1 aliphatic heterocycles. The van der Waals surface area contributed by atoms with Crippen molar-refractivity contribution in [3.05, 3.63) is 22.3 Å². The Labute approximate surface area is 114 Å². The summed E-state index contributed by atoms with van der Waals surface area (Å²) in [5, 5.41) is 0. The van der Waals surface area contributed by atoms with Gasteiger partial charge in [0.1, 0.15) is 5.82 Å². The van der Waals surface area contributed by atoms with Crippen LogP contribution in [0.3, 0.4) is 0 Å². The molecule has 0 aromatic carbocycles. The highest BCUT2D eigenvalue weighted by atomic mass is 79.9. The highest BCUT2D eigenvalue weighted by Crippen LogP contribution is 2.21. The molecule has 1 aromatic rings. The van der Waals surface area contributed by atoms with Gasteiger partial charge in [-0.25, -0.2) is 4.98 Å². The molecule has 2 N–H and O–H groups in total. The normalized spacial score (nSPS) is 24.1. The van der Waals surface area contributed by atoms with Crippen LogP contribution in [0, 0.1) is 0 Å². The molecule has 2 rings (SSSR count). The summed E-state index contributed by atoms with van der Waals surface area (Å²) in [5.74, 6) is 0.300. The summed E-state index contributed by atoms with van der Waals surface area (Å²) in [6.07, 6.45) is 1.65. The third-order valence-corrected chi connectivity index (χ3v) is 3.45. The Hall–Kier alpha value is -1.14. The molecule has 0 bridgehead atoms. The predicted octanol–water partition coefficient (Wildman–Crippen LogP) is 1.68. The van der Waals surface area contributed by atoms with Crippen LogP contribution >= 0.6 is 15.9 Å². The number of pyridine rings is 1. The summed E-state index contributed by atoms with van der Waals surface area (Å²) >= 11 is 3.33. The average molecular weight is 314 g/mol. The number of anilines is 1. The molecule has 1 aliphatic rings. The van der Waals surface area contributed by atoms with Crippen LogP contribution in [-0.2, 0) is 4.74 Å². The van der Waals surface area contributed by atoms with Gasteiger partial charge in [0.15, 0.2) is 0 Å². The van der Waals surface area contributed by atoms with E-state index in [2.05, 4.69) is 20.9 Å². The van der Waals surface area contributed by atoms with Gasteiger partial charge in [-0.05, 0) is 35.8 Å². The minimum absolute atomic E-state index is 0.0435. The fourth-order valence-electron chi connectivity index (χ4n) is 2.13. The second-order valence-corrected chi connectivity index (χ2v) is 5.41. The van der Waals surface area contributed by atoms with Crippen LogP contribution in [0.5, 0.6) is 0 Å². The first-order chi connectivity index (χ1) is 8.47. The van der Waals surface area contributed by atoms with Crippen molar-refractivity contribution < 1.29 is 9.53 Å². The summed E-state index contributed by atoms with van der Waals surface area (Å²) in [4.78, 5) is 18.1. The number of halogens is 1. The molecule has 0 radical (unpaired) electrons. The van der Waals surface area contributed by atoms with E-state index in [1.54, 1.807) is 17.2 Å². The van der Waals surface area contributed by atoms with E-state index in [1.807, 2.05) is 13.8 Å². The first-order valence-corrected chi connectivity index (χ1v) is 6.62. The molecule has 2 atom stereocenters. The number of rotatable bonds is 1. The van der Waals surface area contributed by atoms with Crippen molar-refractivity contribution in [2.45, 2.75) is 26.1 Å². The molecule has 0 saturated carbocycles. The second kappa shape index (κ2) is 5.24. The van der Waals surface area contributed by atoms with Crippen molar-refractivity contribution in [2.75, 3.05) is 18.8 Å². The Morgan fingerprint density at radius 3 is 2.72 bits per heavy atom. The quantitative estimate of drug-likeness (QED) is 0.856. The molecule has 1 amide bonds. The Morgan fingerprint density at radius 1 is 1.50 bits per heavy atom. The standard InChI is InChI=1S/C12H16BrN3O2/c1-7-5-16(6-8(2)18-7)12(17)9-3-11(14)15-4-10(9)13/h3-4,7-8H,5-6H2,1-2H3,(H2,14,15)/t7-,8+. The Balaban J connectivity index is 2.22. The van der Waals surface area contributed by atoms with Gasteiger partial charge < -0.3 is 15.4 Å². The monoisotopic (exact) mass is 313 g/mol. The third kappa shape index (κ3) is 2.81. The van der Waals surface area contributed by atoms with Crippen LogP contribution in [-0.4, -0.2) is 41.1 Å². The molecule has 6 heteroatoms. The Kier molecular flexibility index (Phi) is 3.87. The lowest BCUT2D eigenvalue weighted by atomic mass is 10.1. The zero-order valence-corrected chi connectivity index (χ0v) is 12.0. The summed E-state index contributed by atoms with van der Waals surface area (Å²) in [6, 6.07) is 1.59. The summed E-state index contributed by atoms with van der Waals surface area (Å²) in [5.41, 5.74) is 6.17. The fourth-order valence-corrected chi connectivity index (χ4v) is 2.52. The van der Waals surface area contributed by atoms with E-state index >= 15 is 0 Å². The molecule has 1 saturated heterocycles. The number of nitrogens with two attached hydrogens (primary N) is 1. The maximum atomic E-state index is 12.4. The number of aromatic nitrogens is 1. The van der Waals surface area contributed by atoms with Gasteiger partial charge in [0, 0.05) is 23.8 Å². The number of nitrogens with zero attached hydrogens (tertiary/aromatic N) is 2. The minimum atomic E-state index is -0.0435. The number of carbonyl (C=O) groups excluding carboxylic acids is 1. The third-order valence-electron chi connectivity index (χ3n) is 2.81. The van der Waals surface area contributed by atoms with Crippen LogP contribution in [0.25, 0.3) is 0 Å². The maximum absolute atomic E-state index is 12.4. The van der Waals surface area contributed by atoms with Crippen molar-refractivity contribution in [3.8, 4) is 0 Å². The van der Waals surface area contributed by atoms with E-state index in [0.717, 1.165) is 0 Å². The molecular weight excluding hydrogens is 298 g/mol. The smallest absolute Gasteiger partial charge is 0.255 e. The van der Waals surface area contributed by atoms with E-state index in [-0.39, 0.29) is 18.1 Å². The van der Waals surface area contributed by atoms with Crippen LogP contribution in [0.2, 0.25) is 0 Å². The summed E-state index contributed by atoms with van der Waals surface area (Å²) in [7, 11) is 0. The van der Waals surface area contributed by atoms with Crippen molar-refractivity contribution in [3.63, 3.8) is 0 Å². The molecule has 1 fully saturated rings. The molecule has 18 heavy (non-hydrogen) atoms. The zero-order chi connectivity index (χ0) is 13.3. The van der Waals surface area contributed by atoms with Gasteiger partial charge in [0.25, 0.3) is 5.91 Å². The zero-order valence-electron chi connectivity index (χ0n) is 10.4. The van der Waals surface area contributed by atoms with Gasteiger partial charge >= 0.3 is 0 Å². The average Bonchev–Trinajstić information content (AvgIpc) is 2.30. The molecular formula is C12H16BrN3O2. The van der Waals surface area contributed by atoms with Crippen LogP contribution in [0.4, 0.5) is 5.82 Å². The molecule has 0 aliphatic carbocycles. The van der Waals surface area contributed by atoms with Gasteiger partial charge in [-0.3, -0.25) is 4.79 Å². The van der Waals surface area contributed by atoms with E-state index in [9.17, 15) is 4.79 Å². The molecule has 5 nitrogen and oxygen atoms in total. The van der Waals surface area contributed by atoms with Gasteiger partial charge in [0.2, 0.25) is 0 Å². The van der Waals surface area contributed by atoms with E-state index in [1.165, 1.54) is 0 Å². The molecule has 98 valence electrons. The van der Waals surface area contributed by atoms with Crippen LogP contribution in [0.1, 0.15) is 24.2 Å². The topological polar surface area (TPSA) is 68.5 Å². The van der Waals surface area contributed by atoms with E-state index in [4.69, 9.17) is 10.5 Å². The highest BCUT2D eigenvalue weighted by molar-refractivity contribution is 9.10. The number of amides is 1. The summed E-state index contributed by atoms with van der Waals surface area (Å²) in [6.45, 7) is 5.12. The number of carbonyl (C=O) groups is 1. The number of ether oxygens (including phenoxy) is 1. The lowest BCUT2D eigenvalue weighted by Crippen LogP contribution is -2.48. The van der Waals surface area contributed by atoms with E-state index < -0.39 is 0 Å². The first kappa shape index (κ1) is 13.3.